The number of rotatable bonds is 2. The van der Waals surface area contributed by atoms with Gasteiger partial charge in [0.2, 0.25) is 0 Å². The van der Waals surface area contributed by atoms with Gasteiger partial charge >= 0.3 is 0 Å². The molecule has 0 amide bonds. The first kappa shape index (κ1) is 13.4. The van der Waals surface area contributed by atoms with Gasteiger partial charge in [0.05, 0.1) is 5.52 Å². The van der Waals surface area contributed by atoms with Gasteiger partial charge in [0, 0.05) is 21.6 Å². The minimum absolute atomic E-state index is 1.06. The Balaban J connectivity index is 2.55. The minimum Gasteiger partial charge on any atom is -0.310 e. The van der Waals surface area contributed by atoms with E-state index in [9.17, 15) is 0 Å². The first-order valence-corrected chi connectivity index (χ1v) is 7.21. The fourth-order valence-corrected chi connectivity index (χ4v) is 2.82. The molecule has 0 unspecified atom stereocenters. The van der Waals surface area contributed by atoms with Gasteiger partial charge in [-0.15, -0.1) is 0 Å². The molecule has 21 heavy (non-hydrogen) atoms. The molecule has 104 valence electrons. The van der Waals surface area contributed by atoms with Crippen molar-refractivity contribution < 1.29 is 0 Å². The van der Waals surface area contributed by atoms with Crippen molar-refractivity contribution in [3.05, 3.63) is 77.3 Å². The Morgan fingerprint density at radius 2 is 1.67 bits per heavy atom. The standard InChI is InChI=1S/C20H19N/c1-4-19-18(14-15(2)3)17-12-8-9-13-20(17)21(19)16-10-6-5-7-11-16/h4-14H,2H2,1,3H3/b18-14-,19-4+. The van der Waals surface area contributed by atoms with Crippen molar-refractivity contribution in [1.29, 1.82) is 0 Å². The van der Waals surface area contributed by atoms with E-state index in [1.54, 1.807) is 0 Å². The molecule has 0 saturated heterocycles. The molecular formula is C20H19N. The molecule has 1 heteroatoms. The van der Waals surface area contributed by atoms with E-state index >= 15 is 0 Å². The number of hydrogen-bond acceptors (Lipinski definition) is 0. The molecule has 0 atom stereocenters. The average molecular weight is 273 g/mol. The molecule has 0 aliphatic heterocycles. The summed E-state index contributed by atoms with van der Waals surface area (Å²) in [5.41, 5.74) is 3.47. The van der Waals surface area contributed by atoms with Crippen LogP contribution < -0.4 is 10.6 Å². The molecule has 3 rings (SSSR count). The Labute approximate surface area is 125 Å². The van der Waals surface area contributed by atoms with Gasteiger partial charge in [-0.1, -0.05) is 54.6 Å². The van der Waals surface area contributed by atoms with Crippen LogP contribution in [0.2, 0.25) is 0 Å². The summed E-state index contributed by atoms with van der Waals surface area (Å²) in [6.45, 7) is 8.16. The molecule has 0 aliphatic rings. The average Bonchev–Trinajstić information content (AvgIpc) is 2.81. The summed E-state index contributed by atoms with van der Waals surface area (Å²) in [7, 11) is 0. The van der Waals surface area contributed by atoms with Crippen molar-refractivity contribution in [2.24, 2.45) is 0 Å². The van der Waals surface area contributed by atoms with Crippen LogP contribution in [-0.2, 0) is 0 Å². The van der Waals surface area contributed by atoms with Crippen molar-refractivity contribution in [2.45, 2.75) is 13.8 Å². The van der Waals surface area contributed by atoms with Gasteiger partial charge in [0.15, 0.2) is 0 Å². The van der Waals surface area contributed by atoms with Crippen LogP contribution in [0, 0.1) is 0 Å². The Bertz CT molecular complexity index is 912. The van der Waals surface area contributed by atoms with E-state index in [2.05, 4.69) is 78.8 Å². The summed E-state index contributed by atoms with van der Waals surface area (Å²) < 4.78 is 2.31. The van der Waals surface area contributed by atoms with Crippen LogP contribution in [0.1, 0.15) is 13.8 Å². The predicted molar refractivity (Wildman–Crippen MR) is 91.9 cm³/mol. The number of nitrogens with zero attached hydrogens (tertiary/aromatic N) is 1. The monoisotopic (exact) mass is 273 g/mol. The molecule has 0 spiro atoms. The molecule has 0 bridgehead atoms. The Hall–Kier alpha value is -2.54. The number of fused-ring (bicyclic) bond motifs is 1. The van der Waals surface area contributed by atoms with Crippen molar-refractivity contribution >= 4 is 23.1 Å². The summed E-state index contributed by atoms with van der Waals surface area (Å²) in [6.07, 6.45) is 4.33. The molecule has 1 aromatic heterocycles. The van der Waals surface area contributed by atoms with Gasteiger partial charge in [0.1, 0.15) is 0 Å². The molecule has 0 fully saturated rings. The topological polar surface area (TPSA) is 4.93 Å². The molecule has 1 nitrogen and oxygen atoms in total. The fraction of sp³-hybridized carbons (Fsp3) is 0.100. The number of aromatic nitrogens is 1. The van der Waals surface area contributed by atoms with Gasteiger partial charge < -0.3 is 4.57 Å². The van der Waals surface area contributed by atoms with Crippen molar-refractivity contribution in [1.82, 2.24) is 4.57 Å². The smallest absolute Gasteiger partial charge is 0.0540 e. The third-order valence-electron chi connectivity index (χ3n) is 3.63. The lowest BCUT2D eigenvalue weighted by Crippen LogP contribution is -2.28. The number of benzene rings is 2. The van der Waals surface area contributed by atoms with Gasteiger partial charge in [-0.05, 0) is 38.1 Å². The lowest BCUT2D eigenvalue weighted by molar-refractivity contribution is 1.07. The second-order valence-corrected chi connectivity index (χ2v) is 5.27. The zero-order valence-corrected chi connectivity index (χ0v) is 12.5. The van der Waals surface area contributed by atoms with Crippen LogP contribution in [-0.4, -0.2) is 4.57 Å². The summed E-state index contributed by atoms with van der Waals surface area (Å²) in [5, 5.41) is 3.72. The van der Waals surface area contributed by atoms with Crippen LogP contribution in [0.5, 0.6) is 0 Å². The molecule has 2 aromatic carbocycles. The second-order valence-electron chi connectivity index (χ2n) is 5.27. The molecule has 0 aliphatic carbocycles. The molecule has 1 heterocycles. The third kappa shape index (κ3) is 2.31. The van der Waals surface area contributed by atoms with Crippen LogP contribution >= 0.6 is 0 Å². The van der Waals surface area contributed by atoms with Gasteiger partial charge in [-0.3, -0.25) is 0 Å². The maximum Gasteiger partial charge on any atom is 0.0540 e. The fourth-order valence-electron chi connectivity index (χ4n) is 2.82. The van der Waals surface area contributed by atoms with E-state index in [1.807, 2.05) is 13.0 Å². The maximum absolute atomic E-state index is 4.04. The summed E-state index contributed by atoms with van der Waals surface area (Å²) >= 11 is 0. The molecule has 0 saturated carbocycles. The molecule has 0 radical (unpaired) electrons. The molecule has 0 N–H and O–H groups in total. The van der Waals surface area contributed by atoms with Crippen LogP contribution in [0.15, 0.2) is 66.7 Å². The van der Waals surface area contributed by atoms with Crippen LogP contribution in [0.3, 0.4) is 0 Å². The van der Waals surface area contributed by atoms with Gasteiger partial charge in [0.25, 0.3) is 0 Å². The largest absolute Gasteiger partial charge is 0.310 e. The highest BCUT2D eigenvalue weighted by atomic mass is 15.0. The first-order chi connectivity index (χ1) is 10.2. The number of hydrogen-bond donors (Lipinski definition) is 0. The van der Waals surface area contributed by atoms with E-state index in [0.29, 0.717) is 0 Å². The lowest BCUT2D eigenvalue weighted by Gasteiger charge is -2.05. The predicted octanol–water partition coefficient (Wildman–Crippen LogP) is 3.79. The van der Waals surface area contributed by atoms with Gasteiger partial charge in [-0.25, -0.2) is 0 Å². The van der Waals surface area contributed by atoms with Crippen molar-refractivity contribution in [3.8, 4) is 5.69 Å². The van der Waals surface area contributed by atoms with Crippen molar-refractivity contribution in [2.75, 3.05) is 0 Å². The molecular weight excluding hydrogens is 254 g/mol. The second kappa shape index (κ2) is 5.45. The quantitative estimate of drug-likeness (QED) is 0.669. The SMILES string of the molecule is C=C(C)/C=c1\c(=C/C)n(-c2ccccc2)c2ccccc12. The van der Waals surface area contributed by atoms with E-state index < -0.39 is 0 Å². The summed E-state index contributed by atoms with van der Waals surface area (Å²) in [5.74, 6) is 0. The number of para-hydroxylation sites is 2. The summed E-state index contributed by atoms with van der Waals surface area (Å²) in [6, 6.07) is 19.0. The lowest BCUT2D eigenvalue weighted by atomic mass is 10.2. The Morgan fingerprint density at radius 3 is 2.33 bits per heavy atom. The Kier molecular flexibility index (Phi) is 3.49. The zero-order valence-electron chi connectivity index (χ0n) is 12.5. The van der Waals surface area contributed by atoms with E-state index in [1.165, 1.54) is 27.2 Å². The highest BCUT2D eigenvalue weighted by Crippen LogP contribution is 2.14. The van der Waals surface area contributed by atoms with E-state index in [-0.39, 0.29) is 0 Å². The maximum atomic E-state index is 4.04. The zero-order chi connectivity index (χ0) is 14.8. The highest BCUT2D eigenvalue weighted by Gasteiger charge is 2.07. The van der Waals surface area contributed by atoms with E-state index in [4.69, 9.17) is 0 Å². The Morgan fingerprint density at radius 1 is 1.00 bits per heavy atom. The van der Waals surface area contributed by atoms with Gasteiger partial charge in [-0.2, -0.15) is 0 Å². The van der Waals surface area contributed by atoms with Crippen LogP contribution in [0.4, 0.5) is 0 Å². The van der Waals surface area contributed by atoms with E-state index in [0.717, 1.165) is 5.57 Å². The van der Waals surface area contributed by atoms with Crippen LogP contribution in [0.25, 0.3) is 28.7 Å². The third-order valence-corrected chi connectivity index (χ3v) is 3.63. The normalized spacial score (nSPS) is 13.0. The summed E-state index contributed by atoms with van der Waals surface area (Å²) in [4.78, 5) is 0. The minimum atomic E-state index is 1.06. The highest BCUT2D eigenvalue weighted by molar-refractivity contribution is 5.84. The first-order valence-electron chi connectivity index (χ1n) is 7.21. The number of allylic oxidation sites excluding steroid dienone is 1. The molecule has 3 aromatic rings. The van der Waals surface area contributed by atoms with Crippen molar-refractivity contribution in [3.63, 3.8) is 0 Å².